The third-order valence-corrected chi connectivity index (χ3v) is 5.92. The lowest BCUT2D eigenvalue weighted by molar-refractivity contribution is 0.0711. The van der Waals surface area contributed by atoms with Crippen molar-refractivity contribution in [2.24, 2.45) is 0 Å². The van der Waals surface area contributed by atoms with Crippen molar-refractivity contribution in [1.29, 1.82) is 0 Å². The Bertz CT molecular complexity index is 1170. The van der Waals surface area contributed by atoms with Crippen molar-refractivity contribution in [2.45, 2.75) is 45.6 Å². The predicted molar refractivity (Wildman–Crippen MR) is 121 cm³/mol. The molecule has 0 spiro atoms. The van der Waals surface area contributed by atoms with E-state index >= 15 is 0 Å². The van der Waals surface area contributed by atoms with Gasteiger partial charge in [-0.15, -0.1) is 0 Å². The maximum Gasteiger partial charge on any atom is 0.253 e. The Morgan fingerprint density at radius 3 is 2.67 bits per heavy atom. The highest BCUT2D eigenvalue weighted by Crippen LogP contribution is 2.36. The Morgan fingerprint density at radius 2 is 1.94 bits per heavy atom. The smallest absolute Gasteiger partial charge is 0.253 e. The van der Waals surface area contributed by atoms with Gasteiger partial charge >= 0.3 is 0 Å². The number of ether oxygens (including phenoxy) is 2. The van der Waals surface area contributed by atoms with Crippen molar-refractivity contribution in [3.05, 3.63) is 47.4 Å². The Balaban J connectivity index is 1.35. The number of benzene rings is 1. The lowest BCUT2D eigenvalue weighted by Crippen LogP contribution is -2.38. The zero-order chi connectivity index (χ0) is 22.9. The highest BCUT2D eigenvalue weighted by Gasteiger charge is 2.29. The number of carbonyl (C=O) groups is 1. The highest BCUT2D eigenvalue weighted by atomic mass is 16.7. The second-order valence-corrected chi connectivity index (χ2v) is 8.76. The van der Waals surface area contributed by atoms with E-state index in [2.05, 4.69) is 29.3 Å². The van der Waals surface area contributed by atoms with Gasteiger partial charge in [0.15, 0.2) is 17.3 Å². The van der Waals surface area contributed by atoms with Gasteiger partial charge in [0, 0.05) is 42.9 Å². The molecule has 2 aromatic heterocycles. The van der Waals surface area contributed by atoms with Crippen molar-refractivity contribution < 1.29 is 18.8 Å². The zero-order valence-corrected chi connectivity index (χ0v) is 19.0. The number of aryl methyl sites for hydroxylation is 1. The first-order valence-corrected chi connectivity index (χ1v) is 11.2. The van der Waals surface area contributed by atoms with E-state index in [9.17, 15) is 4.79 Å². The molecule has 0 aliphatic carbocycles. The Kier molecular flexibility index (Phi) is 5.62. The van der Waals surface area contributed by atoms with Crippen LogP contribution in [0.2, 0.25) is 0 Å². The fourth-order valence-electron chi connectivity index (χ4n) is 4.28. The summed E-state index contributed by atoms with van der Waals surface area (Å²) in [6.07, 6.45) is 3.40. The topological polar surface area (TPSA) is 103 Å². The van der Waals surface area contributed by atoms with Gasteiger partial charge in [0.2, 0.25) is 12.7 Å². The van der Waals surface area contributed by atoms with Crippen LogP contribution < -0.4 is 14.8 Å². The van der Waals surface area contributed by atoms with Gasteiger partial charge in [0.05, 0.1) is 17.0 Å². The minimum absolute atomic E-state index is 0.00249. The third kappa shape index (κ3) is 4.35. The lowest BCUT2D eigenvalue weighted by Gasteiger charge is -2.32. The van der Waals surface area contributed by atoms with Gasteiger partial charge in [0.1, 0.15) is 0 Å². The number of nitrogens with zero attached hydrogens (tertiary/aromatic N) is 4. The summed E-state index contributed by atoms with van der Waals surface area (Å²) in [7, 11) is 0. The molecule has 9 nitrogen and oxygen atoms in total. The number of likely N-dealkylation sites (tertiary alicyclic amines) is 1. The normalized spacial score (nSPS) is 15.8. The Hall–Kier alpha value is -3.62. The molecule has 0 saturated carbocycles. The number of amides is 1. The molecule has 2 aliphatic rings. The first kappa shape index (κ1) is 21.2. The fraction of sp³-hybridized carbons (Fsp3) is 0.417. The van der Waals surface area contributed by atoms with Crippen LogP contribution in [-0.2, 0) is 0 Å². The second-order valence-electron chi connectivity index (χ2n) is 8.76. The number of hydrogen-bond donors (Lipinski definition) is 1. The summed E-state index contributed by atoms with van der Waals surface area (Å²) in [5, 5.41) is 7.31. The molecule has 0 bridgehead atoms. The molecule has 172 valence electrons. The molecule has 1 fully saturated rings. The lowest BCUT2D eigenvalue weighted by atomic mass is 9.90. The van der Waals surface area contributed by atoms with Crippen LogP contribution in [0.5, 0.6) is 11.5 Å². The molecule has 1 saturated heterocycles. The van der Waals surface area contributed by atoms with Gasteiger partial charge in [-0.1, -0.05) is 5.16 Å². The molecule has 0 unspecified atom stereocenters. The molecule has 1 aromatic carbocycles. The van der Waals surface area contributed by atoms with Crippen LogP contribution in [0.3, 0.4) is 0 Å². The van der Waals surface area contributed by atoms with E-state index in [1.807, 2.05) is 17.9 Å². The van der Waals surface area contributed by atoms with Crippen LogP contribution in [0.1, 0.15) is 54.4 Å². The predicted octanol–water partition coefficient (Wildman–Crippen LogP) is 4.01. The SMILES string of the molecule is Cc1cc(-c2cnc(NC(C)C)nc2C2CCN(C(=O)c3ccc4c(c3)OCO4)CC2)on1. The van der Waals surface area contributed by atoms with E-state index in [1.54, 1.807) is 24.4 Å². The molecule has 4 heterocycles. The number of hydrogen-bond acceptors (Lipinski definition) is 8. The molecular weight excluding hydrogens is 422 g/mol. The average molecular weight is 450 g/mol. The van der Waals surface area contributed by atoms with Gasteiger partial charge < -0.3 is 24.2 Å². The first-order chi connectivity index (χ1) is 16.0. The number of nitrogens with one attached hydrogen (secondary N) is 1. The van der Waals surface area contributed by atoms with E-state index in [0.717, 1.165) is 29.8 Å². The van der Waals surface area contributed by atoms with Crippen LogP contribution in [0.4, 0.5) is 5.95 Å². The third-order valence-electron chi connectivity index (χ3n) is 5.92. The van der Waals surface area contributed by atoms with Gasteiger partial charge in [-0.05, 0) is 51.8 Å². The Labute approximate surface area is 192 Å². The van der Waals surface area contributed by atoms with E-state index in [-0.39, 0.29) is 24.7 Å². The summed E-state index contributed by atoms with van der Waals surface area (Å²) < 4.78 is 16.3. The minimum atomic E-state index is 0.00249. The molecule has 1 amide bonds. The summed E-state index contributed by atoms with van der Waals surface area (Å²) >= 11 is 0. The fourth-order valence-corrected chi connectivity index (χ4v) is 4.28. The average Bonchev–Trinajstić information content (AvgIpc) is 3.46. The van der Waals surface area contributed by atoms with Crippen LogP contribution in [0.15, 0.2) is 35.0 Å². The monoisotopic (exact) mass is 449 g/mol. The van der Waals surface area contributed by atoms with Crippen LogP contribution >= 0.6 is 0 Å². The summed E-state index contributed by atoms with van der Waals surface area (Å²) in [6, 6.07) is 7.46. The van der Waals surface area contributed by atoms with Crippen molar-refractivity contribution in [1.82, 2.24) is 20.0 Å². The van der Waals surface area contributed by atoms with Crippen molar-refractivity contribution in [3.63, 3.8) is 0 Å². The molecule has 33 heavy (non-hydrogen) atoms. The second kappa shape index (κ2) is 8.73. The molecular formula is C24H27N5O4. The van der Waals surface area contributed by atoms with Crippen molar-refractivity contribution >= 4 is 11.9 Å². The maximum absolute atomic E-state index is 13.1. The van der Waals surface area contributed by atoms with E-state index in [4.69, 9.17) is 19.0 Å². The van der Waals surface area contributed by atoms with Crippen LogP contribution in [-0.4, -0.2) is 51.9 Å². The summed E-state index contributed by atoms with van der Waals surface area (Å²) in [5.74, 6) is 2.74. The number of anilines is 1. The number of rotatable bonds is 5. The van der Waals surface area contributed by atoms with Gasteiger partial charge in [-0.2, -0.15) is 0 Å². The molecule has 5 rings (SSSR count). The minimum Gasteiger partial charge on any atom is -0.454 e. The van der Waals surface area contributed by atoms with E-state index < -0.39 is 0 Å². The number of fused-ring (bicyclic) bond motifs is 1. The van der Waals surface area contributed by atoms with Crippen molar-refractivity contribution in [3.8, 4) is 22.8 Å². The Morgan fingerprint density at radius 1 is 1.15 bits per heavy atom. The van der Waals surface area contributed by atoms with Crippen LogP contribution in [0, 0.1) is 6.92 Å². The number of carbonyl (C=O) groups excluding carboxylic acids is 1. The molecule has 2 aliphatic heterocycles. The quantitative estimate of drug-likeness (QED) is 0.623. The standard InChI is InChI=1S/C24H27N5O4/c1-14(2)26-24-25-12-18(20-10-15(3)28-33-20)22(27-24)16-6-8-29(9-7-16)23(30)17-4-5-19-21(11-17)32-13-31-19/h4-5,10-12,14,16H,6-9,13H2,1-3H3,(H,25,26,27). The highest BCUT2D eigenvalue weighted by molar-refractivity contribution is 5.95. The largest absolute Gasteiger partial charge is 0.454 e. The summed E-state index contributed by atoms with van der Waals surface area (Å²) in [4.78, 5) is 24.3. The van der Waals surface area contributed by atoms with Crippen molar-refractivity contribution in [2.75, 3.05) is 25.2 Å². The van der Waals surface area contributed by atoms with E-state index in [1.165, 1.54) is 0 Å². The zero-order valence-electron chi connectivity index (χ0n) is 19.0. The molecule has 3 aromatic rings. The number of aromatic nitrogens is 3. The molecule has 1 N–H and O–H groups in total. The maximum atomic E-state index is 13.1. The van der Waals surface area contributed by atoms with Gasteiger partial charge in [-0.25, -0.2) is 9.97 Å². The molecule has 0 radical (unpaired) electrons. The molecule has 0 atom stereocenters. The summed E-state index contributed by atoms with van der Waals surface area (Å²) in [5.41, 5.74) is 3.20. The first-order valence-electron chi connectivity index (χ1n) is 11.2. The van der Waals surface area contributed by atoms with E-state index in [0.29, 0.717) is 41.9 Å². The van der Waals surface area contributed by atoms with Crippen LogP contribution in [0.25, 0.3) is 11.3 Å². The summed E-state index contributed by atoms with van der Waals surface area (Å²) in [6.45, 7) is 7.47. The molecule has 9 heteroatoms. The van der Waals surface area contributed by atoms with Gasteiger partial charge in [0.25, 0.3) is 5.91 Å². The van der Waals surface area contributed by atoms with Gasteiger partial charge in [-0.3, -0.25) is 4.79 Å². The number of piperidine rings is 1.